The molecule has 18 heavy (non-hydrogen) atoms. The topological polar surface area (TPSA) is 78.8 Å². The van der Waals surface area contributed by atoms with Crippen molar-refractivity contribution in [1.82, 2.24) is 20.2 Å². The number of ether oxygens (including phenoxy) is 1. The fourth-order valence-corrected chi connectivity index (χ4v) is 1.80. The summed E-state index contributed by atoms with van der Waals surface area (Å²) in [5.74, 6) is 1.51. The summed E-state index contributed by atoms with van der Waals surface area (Å²) in [6, 6.07) is 7.67. The van der Waals surface area contributed by atoms with Gasteiger partial charge in [-0.2, -0.15) is 0 Å². The van der Waals surface area contributed by atoms with E-state index in [1.807, 2.05) is 38.1 Å². The van der Waals surface area contributed by atoms with E-state index in [2.05, 4.69) is 15.5 Å². The van der Waals surface area contributed by atoms with Gasteiger partial charge < -0.3 is 10.5 Å². The molecule has 0 amide bonds. The fourth-order valence-electron chi connectivity index (χ4n) is 1.80. The van der Waals surface area contributed by atoms with E-state index >= 15 is 0 Å². The molecule has 0 spiro atoms. The van der Waals surface area contributed by atoms with Gasteiger partial charge in [0.1, 0.15) is 5.75 Å². The number of hydrogen-bond acceptors (Lipinski definition) is 5. The van der Waals surface area contributed by atoms with E-state index in [4.69, 9.17) is 10.5 Å². The second-order valence-electron chi connectivity index (χ2n) is 4.22. The summed E-state index contributed by atoms with van der Waals surface area (Å²) in [5.41, 5.74) is 6.94. The van der Waals surface area contributed by atoms with Crippen LogP contribution in [0.3, 0.4) is 0 Å². The van der Waals surface area contributed by atoms with Crippen LogP contribution in [0.15, 0.2) is 24.3 Å². The van der Waals surface area contributed by atoms with E-state index in [-0.39, 0.29) is 12.1 Å². The smallest absolute Gasteiger partial charge is 0.168 e. The molecule has 0 radical (unpaired) electrons. The van der Waals surface area contributed by atoms with Gasteiger partial charge in [0.2, 0.25) is 0 Å². The Morgan fingerprint density at radius 2 is 1.89 bits per heavy atom. The summed E-state index contributed by atoms with van der Waals surface area (Å²) in [4.78, 5) is 0. The van der Waals surface area contributed by atoms with Crippen LogP contribution in [0.5, 0.6) is 5.75 Å². The van der Waals surface area contributed by atoms with Gasteiger partial charge in [0.05, 0.1) is 19.2 Å². The standard InChI is InChI=1S/C12H17N5O/c1-8(13)12-14-15-16-17(12)9(2)10-4-6-11(18-3)7-5-10/h4-9H,13H2,1-3H3. The van der Waals surface area contributed by atoms with Gasteiger partial charge in [-0.1, -0.05) is 12.1 Å². The Hall–Kier alpha value is -1.95. The van der Waals surface area contributed by atoms with Crippen LogP contribution in [-0.4, -0.2) is 27.3 Å². The first-order chi connectivity index (χ1) is 8.63. The van der Waals surface area contributed by atoms with Gasteiger partial charge in [0, 0.05) is 0 Å². The van der Waals surface area contributed by atoms with Gasteiger partial charge >= 0.3 is 0 Å². The molecule has 0 saturated carbocycles. The fraction of sp³-hybridized carbons (Fsp3) is 0.417. The Bertz CT molecular complexity index is 505. The van der Waals surface area contributed by atoms with Crippen molar-refractivity contribution >= 4 is 0 Å². The quantitative estimate of drug-likeness (QED) is 0.881. The summed E-state index contributed by atoms with van der Waals surface area (Å²) >= 11 is 0. The minimum absolute atomic E-state index is 0.0342. The van der Waals surface area contributed by atoms with Gasteiger partial charge in [-0.15, -0.1) is 5.10 Å². The molecule has 6 heteroatoms. The van der Waals surface area contributed by atoms with Crippen LogP contribution >= 0.6 is 0 Å². The van der Waals surface area contributed by atoms with Crippen molar-refractivity contribution in [3.05, 3.63) is 35.7 Å². The van der Waals surface area contributed by atoms with Crippen molar-refractivity contribution in [2.24, 2.45) is 5.73 Å². The Morgan fingerprint density at radius 1 is 1.22 bits per heavy atom. The van der Waals surface area contributed by atoms with Gasteiger partial charge in [0.25, 0.3) is 0 Å². The SMILES string of the molecule is COc1ccc(C(C)n2nnnc2C(C)N)cc1. The highest BCUT2D eigenvalue weighted by atomic mass is 16.5. The lowest BCUT2D eigenvalue weighted by atomic mass is 10.1. The number of tetrazole rings is 1. The molecular formula is C12H17N5O. The Balaban J connectivity index is 2.29. The molecule has 0 saturated heterocycles. The third kappa shape index (κ3) is 2.33. The molecule has 0 aliphatic carbocycles. The molecule has 6 nitrogen and oxygen atoms in total. The maximum Gasteiger partial charge on any atom is 0.168 e. The largest absolute Gasteiger partial charge is 0.497 e. The first-order valence-corrected chi connectivity index (χ1v) is 5.80. The van der Waals surface area contributed by atoms with Crippen molar-refractivity contribution in [3.63, 3.8) is 0 Å². The number of nitrogens with two attached hydrogens (primary N) is 1. The zero-order valence-electron chi connectivity index (χ0n) is 10.7. The third-order valence-electron chi connectivity index (χ3n) is 2.89. The molecule has 1 aromatic carbocycles. The maximum absolute atomic E-state index is 5.84. The monoisotopic (exact) mass is 247 g/mol. The maximum atomic E-state index is 5.84. The summed E-state index contributed by atoms with van der Waals surface area (Å²) < 4.78 is 6.88. The number of nitrogens with zero attached hydrogens (tertiary/aromatic N) is 4. The zero-order chi connectivity index (χ0) is 13.1. The lowest BCUT2D eigenvalue weighted by Crippen LogP contribution is -2.18. The highest BCUT2D eigenvalue weighted by molar-refractivity contribution is 5.29. The van der Waals surface area contributed by atoms with Crippen LogP contribution in [0.2, 0.25) is 0 Å². The molecule has 0 aliphatic heterocycles. The van der Waals surface area contributed by atoms with Crippen LogP contribution < -0.4 is 10.5 Å². The van der Waals surface area contributed by atoms with E-state index in [1.54, 1.807) is 11.8 Å². The van der Waals surface area contributed by atoms with Crippen LogP contribution in [-0.2, 0) is 0 Å². The van der Waals surface area contributed by atoms with Crippen molar-refractivity contribution in [2.75, 3.05) is 7.11 Å². The normalized spacial score (nSPS) is 14.2. The van der Waals surface area contributed by atoms with E-state index in [0.29, 0.717) is 5.82 Å². The Labute approximate surface area is 106 Å². The average molecular weight is 247 g/mol. The average Bonchev–Trinajstić information content (AvgIpc) is 2.87. The van der Waals surface area contributed by atoms with E-state index in [1.165, 1.54) is 0 Å². The number of benzene rings is 1. The van der Waals surface area contributed by atoms with Gasteiger partial charge in [-0.25, -0.2) is 4.68 Å². The molecule has 1 aromatic heterocycles. The van der Waals surface area contributed by atoms with Crippen LogP contribution in [0.4, 0.5) is 0 Å². The van der Waals surface area contributed by atoms with Crippen molar-refractivity contribution < 1.29 is 4.74 Å². The van der Waals surface area contributed by atoms with Gasteiger partial charge in [-0.05, 0) is 42.0 Å². The molecule has 0 aliphatic rings. The Morgan fingerprint density at radius 3 is 2.44 bits per heavy atom. The molecule has 0 fully saturated rings. The summed E-state index contributed by atoms with van der Waals surface area (Å²) in [6.07, 6.45) is 0. The first kappa shape index (κ1) is 12.5. The highest BCUT2D eigenvalue weighted by Gasteiger charge is 2.17. The van der Waals surface area contributed by atoms with Gasteiger partial charge in [0.15, 0.2) is 5.82 Å². The number of methoxy groups -OCH3 is 1. The predicted molar refractivity (Wildman–Crippen MR) is 67.2 cm³/mol. The highest BCUT2D eigenvalue weighted by Crippen LogP contribution is 2.21. The van der Waals surface area contributed by atoms with Crippen LogP contribution in [0, 0.1) is 0 Å². The second kappa shape index (κ2) is 5.14. The van der Waals surface area contributed by atoms with E-state index in [0.717, 1.165) is 11.3 Å². The van der Waals surface area contributed by atoms with Crippen molar-refractivity contribution in [2.45, 2.75) is 25.9 Å². The van der Waals surface area contributed by atoms with Crippen molar-refractivity contribution in [3.8, 4) is 5.75 Å². The molecule has 0 bridgehead atoms. The molecule has 2 N–H and O–H groups in total. The second-order valence-corrected chi connectivity index (χ2v) is 4.22. The molecular weight excluding hydrogens is 230 g/mol. The predicted octanol–water partition coefficient (Wildman–Crippen LogP) is 1.31. The third-order valence-corrected chi connectivity index (χ3v) is 2.89. The molecule has 2 atom stereocenters. The molecule has 96 valence electrons. The van der Waals surface area contributed by atoms with E-state index < -0.39 is 0 Å². The summed E-state index contributed by atoms with van der Waals surface area (Å²) in [5, 5.41) is 11.6. The minimum Gasteiger partial charge on any atom is -0.497 e. The van der Waals surface area contributed by atoms with Crippen LogP contribution in [0.1, 0.15) is 37.3 Å². The van der Waals surface area contributed by atoms with Crippen molar-refractivity contribution in [1.29, 1.82) is 0 Å². The summed E-state index contributed by atoms with van der Waals surface area (Å²) in [6.45, 7) is 3.90. The zero-order valence-corrected chi connectivity index (χ0v) is 10.7. The van der Waals surface area contributed by atoms with Crippen LogP contribution in [0.25, 0.3) is 0 Å². The lowest BCUT2D eigenvalue weighted by molar-refractivity contribution is 0.414. The molecule has 2 unspecified atom stereocenters. The molecule has 2 aromatic rings. The number of aromatic nitrogens is 4. The molecule has 2 rings (SSSR count). The summed E-state index contributed by atoms with van der Waals surface area (Å²) in [7, 11) is 1.65. The number of hydrogen-bond donors (Lipinski definition) is 1. The number of rotatable bonds is 4. The Kier molecular flexibility index (Phi) is 3.57. The minimum atomic E-state index is -0.194. The lowest BCUT2D eigenvalue weighted by Gasteiger charge is -2.15. The first-order valence-electron chi connectivity index (χ1n) is 5.80. The molecule has 1 heterocycles. The van der Waals surface area contributed by atoms with E-state index in [9.17, 15) is 0 Å². The van der Waals surface area contributed by atoms with Gasteiger partial charge in [-0.3, -0.25) is 0 Å².